The molecule has 120 valence electrons. The number of ether oxygens (including phenoxy) is 1. The van der Waals surface area contributed by atoms with E-state index in [1.807, 2.05) is 0 Å². The van der Waals surface area contributed by atoms with Crippen LogP contribution in [0.1, 0.15) is 16.8 Å². The van der Waals surface area contributed by atoms with Crippen molar-refractivity contribution in [2.45, 2.75) is 12.0 Å². The molecule has 0 aliphatic carbocycles. The van der Waals surface area contributed by atoms with Crippen molar-refractivity contribution in [3.05, 3.63) is 40.1 Å². The number of rotatable bonds is 4. The molecule has 3 rings (SSSR count). The summed E-state index contributed by atoms with van der Waals surface area (Å²) in [5.74, 6) is -1.79. The lowest BCUT2D eigenvalue weighted by Crippen LogP contribution is -2.55. The van der Waals surface area contributed by atoms with Gasteiger partial charge in [0, 0.05) is 42.3 Å². The Morgan fingerprint density at radius 2 is 2.22 bits per heavy atom. The third-order valence-corrected chi connectivity index (χ3v) is 3.90. The van der Waals surface area contributed by atoms with Crippen LogP contribution in [0.2, 0.25) is 0 Å². The monoisotopic (exact) mass is 319 g/mol. The Morgan fingerprint density at radius 1 is 1.43 bits per heavy atom. The van der Waals surface area contributed by atoms with Crippen molar-refractivity contribution in [2.24, 2.45) is 0 Å². The smallest absolute Gasteiger partial charge is 0.331 e. The van der Waals surface area contributed by atoms with Gasteiger partial charge in [-0.25, -0.2) is 4.79 Å². The number of hydrogen-bond donors (Lipinski definition) is 3. The average molecular weight is 319 g/mol. The summed E-state index contributed by atoms with van der Waals surface area (Å²) in [6, 6.07) is 4.10. The van der Waals surface area contributed by atoms with Crippen molar-refractivity contribution >= 4 is 28.5 Å². The van der Waals surface area contributed by atoms with E-state index in [0.717, 1.165) is 0 Å². The van der Waals surface area contributed by atoms with Gasteiger partial charge in [0.05, 0.1) is 17.1 Å². The molecule has 2 heterocycles. The molecular formula is C14H13N3O6. The van der Waals surface area contributed by atoms with E-state index in [2.05, 4.69) is 10.3 Å². The second-order valence-electron chi connectivity index (χ2n) is 5.33. The van der Waals surface area contributed by atoms with Gasteiger partial charge < -0.3 is 20.1 Å². The Labute approximate surface area is 129 Å². The predicted octanol–water partition coefficient (Wildman–Crippen LogP) is 1.05. The van der Waals surface area contributed by atoms with Crippen molar-refractivity contribution in [1.82, 2.24) is 10.3 Å². The van der Waals surface area contributed by atoms with Gasteiger partial charge >= 0.3 is 5.97 Å². The number of nitro groups is 1. The minimum absolute atomic E-state index is 0.115. The number of H-pyrrole nitrogens is 1. The highest BCUT2D eigenvalue weighted by Crippen LogP contribution is 2.25. The molecule has 3 N–H and O–H groups in total. The average Bonchev–Trinajstić information content (AvgIpc) is 3.13. The number of fused-ring (bicyclic) bond motifs is 1. The van der Waals surface area contributed by atoms with Gasteiger partial charge in [0.15, 0.2) is 5.54 Å². The van der Waals surface area contributed by atoms with Gasteiger partial charge in [-0.1, -0.05) is 0 Å². The van der Waals surface area contributed by atoms with E-state index >= 15 is 0 Å². The van der Waals surface area contributed by atoms with Crippen molar-refractivity contribution in [1.29, 1.82) is 0 Å². The van der Waals surface area contributed by atoms with E-state index in [0.29, 0.717) is 10.9 Å². The molecule has 2 aromatic rings. The molecule has 1 atom stereocenters. The third-order valence-electron chi connectivity index (χ3n) is 3.90. The highest BCUT2D eigenvalue weighted by Gasteiger charge is 2.44. The molecule has 1 aromatic carbocycles. The molecule has 1 amide bonds. The fourth-order valence-corrected chi connectivity index (χ4v) is 2.58. The van der Waals surface area contributed by atoms with Crippen LogP contribution in [0.5, 0.6) is 0 Å². The second-order valence-corrected chi connectivity index (χ2v) is 5.33. The first-order chi connectivity index (χ1) is 10.9. The summed E-state index contributed by atoms with van der Waals surface area (Å²) in [4.78, 5) is 37.0. The van der Waals surface area contributed by atoms with Gasteiger partial charge in [-0.3, -0.25) is 14.9 Å². The Kier molecular flexibility index (Phi) is 3.49. The summed E-state index contributed by atoms with van der Waals surface area (Å²) in [6.07, 6.45) is 1.56. The largest absolute Gasteiger partial charge is 0.479 e. The van der Waals surface area contributed by atoms with Gasteiger partial charge in [-0.2, -0.15) is 0 Å². The first kappa shape index (κ1) is 15.0. The molecule has 1 aromatic heterocycles. The number of non-ortho nitro benzene ring substituents is 1. The van der Waals surface area contributed by atoms with E-state index in [-0.39, 0.29) is 30.9 Å². The van der Waals surface area contributed by atoms with Crippen LogP contribution in [0.4, 0.5) is 5.69 Å². The van der Waals surface area contributed by atoms with Crippen molar-refractivity contribution in [3.63, 3.8) is 0 Å². The summed E-state index contributed by atoms with van der Waals surface area (Å²) in [7, 11) is 0. The molecule has 1 aliphatic rings. The maximum atomic E-state index is 12.4. The van der Waals surface area contributed by atoms with Gasteiger partial charge in [0.1, 0.15) is 0 Å². The fraction of sp³-hybridized carbons (Fsp3) is 0.286. The molecule has 1 saturated heterocycles. The fourth-order valence-electron chi connectivity index (χ4n) is 2.58. The summed E-state index contributed by atoms with van der Waals surface area (Å²) in [6.45, 7) is 0.127. The van der Waals surface area contributed by atoms with Gasteiger partial charge in [-0.05, 0) is 6.07 Å². The van der Waals surface area contributed by atoms with E-state index in [1.54, 1.807) is 0 Å². The minimum Gasteiger partial charge on any atom is -0.479 e. The lowest BCUT2D eigenvalue weighted by molar-refractivity contribution is -0.384. The van der Waals surface area contributed by atoms with E-state index in [4.69, 9.17) is 4.74 Å². The van der Waals surface area contributed by atoms with Gasteiger partial charge in [0.2, 0.25) is 0 Å². The Morgan fingerprint density at radius 3 is 2.83 bits per heavy atom. The van der Waals surface area contributed by atoms with Crippen LogP contribution in [-0.2, 0) is 9.53 Å². The number of nitrogens with one attached hydrogen (secondary N) is 2. The van der Waals surface area contributed by atoms with Crippen LogP contribution in [-0.4, -0.2) is 45.6 Å². The van der Waals surface area contributed by atoms with Gasteiger partial charge in [-0.15, -0.1) is 0 Å². The van der Waals surface area contributed by atoms with Crippen LogP contribution in [0.15, 0.2) is 24.4 Å². The number of carbonyl (C=O) groups is 2. The van der Waals surface area contributed by atoms with Crippen LogP contribution < -0.4 is 5.32 Å². The molecule has 23 heavy (non-hydrogen) atoms. The zero-order valence-electron chi connectivity index (χ0n) is 11.9. The van der Waals surface area contributed by atoms with Crippen LogP contribution in [0.25, 0.3) is 10.9 Å². The minimum atomic E-state index is -1.47. The zero-order chi connectivity index (χ0) is 16.6. The first-order valence-corrected chi connectivity index (χ1v) is 6.82. The lowest BCUT2D eigenvalue weighted by Gasteiger charge is -2.23. The summed E-state index contributed by atoms with van der Waals surface area (Å²) in [5.41, 5.74) is -0.922. The number of nitrogens with zero attached hydrogens (tertiary/aromatic N) is 1. The van der Waals surface area contributed by atoms with Crippen molar-refractivity contribution in [2.75, 3.05) is 13.2 Å². The molecule has 9 heteroatoms. The quantitative estimate of drug-likeness (QED) is 0.569. The first-order valence-electron chi connectivity index (χ1n) is 6.82. The topological polar surface area (TPSA) is 135 Å². The normalized spacial score (nSPS) is 20.5. The standard InChI is InChI=1S/C14H13N3O6/c18-12(16-14(13(19)20)3-4-23-7-14)10-6-15-11-2-1-8(17(21)22)5-9(10)11/h1-2,5-6,15H,3-4,7H2,(H,16,18)(H,19,20). The van der Waals surface area contributed by atoms with Crippen LogP contribution in [0, 0.1) is 10.1 Å². The zero-order valence-corrected chi connectivity index (χ0v) is 11.9. The second kappa shape index (κ2) is 5.36. The molecule has 0 spiro atoms. The molecule has 1 fully saturated rings. The van der Waals surface area contributed by atoms with Gasteiger partial charge in [0.25, 0.3) is 11.6 Å². The van der Waals surface area contributed by atoms with Crippen LogP contribution >= 0.6 is 0 Å². The third kappa shape index (κ3) is 2.50. The highest BCUT2D eigenvalue weighted by molar-refractivity contribution is 6.08. The molecule has 0 bridgehead atoms. The maximum Gasteiger partial charge on any atom is 0.331 e. The molecular weight excluding hydrogens is 306 g/mol. The number of nitro benzene ring substituents is 1. The van der Waals surface area contributed by atoms with Crippen LogP contribution in [0.3, 0.4) is 0 Å². The van der Waals surface area contributed by atoms with E-state index in [1.165, 1.54) is 24.4 Å². The summed E-state index contributed by atoms with van der Waals surface area (Å²) < 4.78 is 5.09. The number of aromatic amines is 1. The van der Waals surface area contributed by atoms with E-state index in [9.17, 15) is 24.8 Å². The van der Waals surface area contributed by atoms with E-state index < -0.39 is 22.3 Å². The molecule has 0 radical (unpaired) electrons. The number of aromatic nitrogens is 1. The maximum absolute atomic E-state index is 12.4. The highest BCUT2D eigenvalue weighted by atomic mass is 16.6. The number of carbonyl (C=O) groups excluding carboxylic acids is 1. The SMILES string of the molecule is O=C(NC1(C(=O)O)CCOC1)c1c[nH]c2ccc([N+](=O)[O-])cc12. The lowest BCUT2D eigenvalue weighted by atomic mass is 9.98. The Hall–Kier alpha value is -2.94. The van der Waals surface area contributed by atoms with Crippen molar-refractivity contribution < 1.29 is 24.4 Å². The number of benzene rings is 1. The van der Waals surface area contributed by atoms with Crippen molar-refractivity contribution in [3.8, 4) is 0 Å². The number of amides is 1. The number of aliphatic carboxylic acids is 1. The molecule has 1 aliphatic heterocycles. The molecule has 0 saturated carbocycles. The Bertz CT molecular complexity index is 806. The molecule has 1 unspecified atom stereocenters. The summed E-state index contributed by atoms with van der Waals surface area (Å²) >= 11 is 0. The Balaban J connectivity index is 1.96. The molecule has 9 nitrogen and oxygen atoms in total. The number of hydrogen-bond acceptors (Lipinski definition) is 5. The number of carboxylic acid groups (broad SMARTS) is 1. The predicted molar refractivity (Wildman–Crippen MR) is 78.2 cm³/mol. The number of carboxylic acids is 1. The summed E-state index contributed by atoms with van der Waals surface area (Å²) in [5, 5.41) is 23.1.